The van der Waals surface area contributed by atoms with Crippen molar-refractivity contribution >= 4 is 29.3 Å². The first-order valence-electron chi connectivity index (χ1n) is 6.38. The van der Waals surface area contributed by atoms with Crippen LogP contribution in [0.2, 0.25) is 5.02 Å². The third-order valence-corrected chi connectivity index (χ3v) is 4.56. The lowest BCUT2D eigenvalue weighted by molar-refractivity contribution is -0.120. The fourth-order valence-electron chi connectivity index (χ4n) is 2.16. The molecular weight excluding hydrogens is 266 g/mol. The largest absolute Gasteiger partial charge is 0.352 e. The molecule has 1 atom stereocenters. The monoisotopic (exact) mass is 283 g/mol. The Kier molecular flexibility index (Phi) is 4.95. The summed E-state index contributed by atoms with van der Waals surface area (Å²) in [4.78, 5) is 13.1. The number of amides is 1. The number of hydrogen-bond acceptors (Lipinski definition) is 2. The number of thioether (sulfide) groups is 1. The molecule has 0 saturated heterocycles. The summed E-state index contributed by atoms with van der Waals surface area (Å²) in [5, 5.41) is 3.79. The average Bonchev–Trinajstić information content (AvgIpc) is 2.85. The Morgan fingerprint density at radius 2 is 1.94 bits per heavy atom. The van der Waals surface area contributed by atoms with Gasteiger partial charge in [0.05, 0.1) is 5.25 Å². The van der Waals surface area contributed by atoms with Gasteiger partial charge in [0.25, 0.3) is 0 Å². The lowest BCUT2D eigenvalue weighted by Crippen LogP contribution is -2.37. The third-order valence-electron chi connectivity index (χ3n) is 3.20. The molecule has 0 bridgehead atoms. The summed E-state index contributed by atoms with van der Waals surface area (Å²) >= 11 is 7.41. The van der Waals surface area contributed by atoms with Crippen molar-refractivity contribution in [3.8, 4) is 0 Å². The van der Waals surface area contributed by atoms with E-state index in [2.05, 4.69) is 5.32 Å². The van der Waals surface area contributed by atoms with E-state index >= 15 is 0 Å². The Bertz CT molecular complexity index is 401. The van der Waals surface area contributed by atoms with E-state index in [1.165, 1.54) is 12.8 Å². The lowest BCUT2D eigenvalue weighted by atomic mass is 10.2. The minimum absolute atomic E-state index is 0.0632. The van der Waals surface area contributed by atoms with E-state index in [0.29, 0.717) is 6.04 Å². The molecule has 1 amide bonds. The second kappa shape index (κ2) is 6.48. The van der Waals surface area contributed by atoms with Gasteiger partial charge in [-0.1, -0.05) is 24.4 Å². The molecule has 0 unspecified atom stereocenters. The minimum Gasteiger partial charge on any atom is -0.352 e. The Morgan fingerprint density at radius 3 is 2.56 bits per heavy atom. The van der Waals surface area contributed by atoms with Crippen LogP contribution in [0.1, 0.15) is 32.6 Å². The van der Waals surface area contributed by atoms with Crippen molar-refractivity contribution in [3.05, 3.63) is 29.3 Å². The van der Waals surface area contributed by atoms with E-state index in [9.17, 15) is 4.79 Å². The van der Waals surface area contributed by atoms with Crippen molar-refractivity contribution in [2.45, 2.75) is 48.8 Å². The molecule has 0 heterocycles. The molecule has 2 rings (SSSR count). The minimum atomic E-state index is -0.0632. The molecule has 98 valence electrons. The second-order valence-electron chi connectivity index (χ2n) is 4.70. The van der Waals surface area contributed by atoms with Gasteiger partial charge in [-0.25, -0.2) is 0 Å². The topological polar surface area (TPSA) is 29.1 Å². The van der Waals surface area contributed by atoms with Crippen LogP contribution in [-0.4, -0.2) is 17.2 Å². The standard InChI is InChI=1S/C14H18ClNOS/c1-10(14(17)16-12-4-2-3-5-12)18-13-8-6-11(15)7-9-13/h6-10,12H,2-5H2,1H3,(H,16,17)/t10-/m1/s1. The van der Waals surface area contributed by atoms with E-state index in [0.717, 1.165) is 22.8 Å². The highest BCUT2D eigenvalue weighted by molar-refractivity contribution is 8.00. The SMILES string of the molecule is C[C@@H](Sc1ccc(Cl)cc1)C(=O)NC1CCCC1. The number of rotatable bonds is 4. The van der Waals surface area contributed by atoms with Crippen LogP contribution >= 0.6 is 23.4 Å². The summed E-state index contributed by atoms with van der Waals surface area (Å²) in [7, 11) is 0. The van der Waals surface area contributed by atoms with Crippen LogP contribution in [0, 0.1) is 0 Å². The van der Waals surface area contributed by atoms with Gasteiger partial charge >= 0.3 is 0 Å². The molecule has 0 aliphatic heterocycles. The van der Waals surface area contributed by atoms with Gasteiger partial charge in [-0.05, 0) is 44.0 Å². The van der Waals surface area contributed by atoms with Gasteiger partial charge in [0.15, 0.2) is 0 Å². The fraction of sp³-hybridized carbons (Fsp3) is 0.500. The summed E-state index contributed by atoms with van der Waals surface area (Å²) in [6.07, 6.45) is 4.74. The van der Waals surface area contributed by atoms with Gasteiger partial charge in [0, 0.05) is 16.0 Å². The predicted molar refractivity (Wildman–Crippen MR) is 77.2 cm³/mol. The third kappa shape index (κ3) is 3.92. The van der Waals surface area contributed by atoms with Gasteiger partial charge in [0.1, 0.15) is 0 Å². The molecule has 0 radical (unpaired) electrons. The van der Waals surface area contributed by atoms with E-state index in [1.54, 1.807) is 11.8 Å². The van der Waals surface area contributed by atoms with Crippen molar-refractivity contribution in [1.29, 1.82) is 0 Å². The zero-order valence-corrected chi connectivity index (χ0v) is 12.1. The molecule has 4 heteroatoms. The maximum atomic E-state index is 12.0. The molecule has 1 aliphatic rings. The first kappa shape index (κ1) is 13.8. The molecule has 0 spiro atoms. The number of carbonyl (C=O) groups is 1. The normalized spacial score (nSPS) is 17.7. The van der Waals surface area contributed by atoms with Crippen LogP contribution in [0.4, 0.5) is 0 Å². The molecule has 1 N–H and O–H groups in total. The quantitative estimate of drug-likeness (QED) is 0.850. The van der Waals surface area contributed by atoms with Crippen LogP contribution in [0.3, 0.4) is 0 Å². The molecule has 18 heavy (non-hydrogen) atoms. The summed E-state index contributed by atoms with van der Waals surface area (Å²) in [6.45, 7) is 1.95. The molecule has 1 fully saturated rings. The van der Waals surface area contributed by atoms with Crippen LogP contribution in [0.25, 0.3) is 0 Å². The number of hydrogen-bond donors (Lipinski definition) is 1. The molecular formula is C14H18ClNOS. The number of nitrogens with one attached hydrogen (secondary N) is 1. The zero-order chi connectivity index (χ0) is 13.0. The molecule has 1 saturated carbocycles. The second-order valence-corrected chi connectivity index (χ2v) is 6.55. The van der Waals surface area contributed by atoms with E-state index in [1.807, 2.05) is 31.2 Å². The molecule has 1 aromatic rings. The Balaban J connectivity index is 1.84. The molecule has 2 nitrogen and oxygen atoms in total. The summed E-state index contributed by atoms with van der Waals surface area (Å²) in [5.41, 5.74) is 0. The van der Waals surface area contributed by atoms with Crippen molar-refractivity contribution in [1.82, 2.24) is 5.32 Å². The number of halogens is 1. The maximum absolute atomic E-state index is 12.0. The van der Waals surface area contributed by atoms with Crippen LogP contribution in [0.5, 0.6) is 0 Å². The van der Waals surface area contributed by atoms with Gasteiger partial charge in [-0.3, -0.25) is 4.79 Å². The summed E-state index contributed by atoms with van der Waals surface area (Å²) in [5.74, 6) is 0.141. The number of benzene rings is 1. The fourth-order valence-corrected chi connectivity index (χ4v) is 3.16. The molecule has 0 aromatic heterocycles. The van der Waals surface area contributed by atoms with Gasteiger partial charge in [-0.15, -0.1) is 11.8 Å². The van der Waals surface area contributed by atoms with Crippen LogP contribution in [-0.2, 0) is 4.79 Å². The van der Waals surface area contributed by atoms with Crippen molar-refractivity contribution in [3.63, 3.8) is 0 Å². The van der Waals surface area contributed by atoms with Crippen LogP contribution in [0.15, 0.2) is 29.2 Å². The van der Waals surface area contributed by atoms with Gasteiger partial charge < -0.3 is 5.32 Å². The summed E-state index contributed by atoms with van der Waals surface area (Å²) < 4.78 is 0. The van der Waals surface area contributed by atoms with Crippen molar-refractivity contribution in [2.24, 2.45) is 0 Å². The smallest absolute Gasteiger partial charge is 0.233 e. The van der Waals surface area contributed by atoms with E-state index in [4.69, 9.17) is 11.6 Å². The van der Waals surface area contributed by atoms with Gasteiger partial charge in [0.2, 0.25) is 5.91 Å². The molecule has 1 aliphatic carbocycles. The van der Waals surface area contributed by atoms with Crippen molar-refractivity contribution in [2.75, 3.05) is 0 Å². The predicted octanol–water partition coefficient (Wildman–Crippen LogP) is 3.88. The highest BCUT2D eigenvalue weighted by Crippen LogP contribution is 2.25. The Labute approximate surface area is 117 Å². The highest BCUT2D eigenvalue weighted by atomic mass is 35.5. The first-order valence-corrected chi connectivity index (χ1v) is 7.63. The number of carbonyl (C=O) groups excluding carboxylic acids is 1. The zero-order valence-electron chi connectivity index (χ0n) is 10.5. The van der Waals surface area contributed by atoms with E-state index in [-0.39, 0.29) is 11.2 Å². The average molecular weight is 284 g/mol. The lowest BCUT2D eigenvalue weighted by Gasteiger charge is -2.16. The highest BCUT2D eigenvalue weighted by Gasteiger charge is 2.21. The van der Waals surface area contributed by atoms with E-state index < -0.39 is 0 Å². The first-order chi connectivity index (χ1) is 8.65. The summed E-state index contributed by atoms with van der Waals surface area (Å²) in [6, 6.07) is 8.00. The Morgan fingerprint density at radius 1 is 1.33 bits per heavy atom. The van der Waals surface area contributed by atoms with Gasteiger partial charge in [-0.2, -0.15) is 0 Å². The van der Waals surface area contributed by atoms with Crippen molar-refractivity contribution < 1.29 is 4.79 Å². The van der Waals surface area contributed by atoms with Crippen LogP contribution < -0.4 is 5.32 Å². The maximum Gasteiger partial charge on any atom is 0.233 e. The Hall–Kier alpha value is -0.670. The molecule has 1 aromatic carbocycles.